The molecule has 1 aromatic heterocycles. The average Bonchev–Trinajstić information content (AvgIpc) is 3.11. The highest BCUT2D eigenvalue weighted by Crippen LogP contribution is 2.33. The van der Waals surface area contributed by atoms with Crippen molar-refractivity contribution in [3.8, 4) is 0 Å². The Bertz CT molecular complexity index is 888. The van der Waals surface area contributed by atoms with Crippen LogP contribution in [-0.4, -0.2) is 18.0 Å². The van der Waals surface area contributed by atoms with Crippen LogP contribution in [0.4, 0.5) is 0 Å². The highest BCUT2D eigenvalue weighted by atomic mass is 32.1. The van der Waals surface area contributed by atoms with Crippen LogP contribution in [0.3, 0.4) is 0 Å². The molecule has 2 aliphatic rings. The summed E-state index contributed by atoms with van der Waals surface area (Å²) in [6.45, 7) is 3.89. The van der Waals surface area contributed by atoms with E-state index in [2.05, 4.69) is 24.4 Å². The van der Waals surface area contributed by atoms with Gasteiger partial charge in [-0.1, -0.05) is 31.2 Å². The first-order chi connectivity index (χ1) is 13.5. The molecule has 5 heteroatoms. The molecule has 28 heavy (non-hydrogen) atoms. The third-order valence-electron chi connectivity index (χ3n) is 5.87. The van der Waals surface area contributed by atoms with Gasteiger partial charge in [0.05, 0.1) is 6.04 Å². The number of carbonyl (C=O) groups is 2. The zero-order valence-corrected chi connectivity index (χ0v) is 17.3. The number of hydrogen-bond acceptors (Lipinski definition) is 4. The molecule has 0 bridgehead atoms. The minimum Gasteiger partial charge on any atom is -0.448 e. The Balaban J connectivity index is 1.38. The number of ether oxygens (including phenoxy) is 1. The normalized spacial score (nSPS) is 21.9. The summed E-state index contributed by atoms with van der Waals surface area (Å²) in [5.41, 5.74) is 3.74. The van der Waals surface area contributed by atoms with Gasteiger partial charge in [0.15, 0.2) is 6.10 Å². The van der Waals surface area contributed by atoms with E-state index in [4.69, 9.17) is 4.74 Å². The Morgan fingerprint density at radius 1 is 1.18 bits per heavy atom. The molecule has 0 unspecified atom stereocenters. The van der Waals surface area contributed by atoms with Crippen molar-refractivity contribution in [1.82, 2.24) is 5.32 Å². The summed E-state index contributed by atoms with van der Waals surface area (Å²) in [4.78, 5) is 27.1. The summed E-state index contributed by atoms with van der Waals surface area (Å²) in [7, 11) is 0. The number of esters is 1. The van der Waals surface area contributed by atoms with Crippen LogP contribution in [0, 0.1) is 5.92 Å². The van der Waals surface area contributed by atoms with Crippen molar-refractivity contribution >= 4 is 23.2 Å². The molecule has 0 saturated heterocycles. The molecule has 0 spiro atoms. The fourth-order valence-corrected chi connectivity index (χ4v) is 5.36. The van der Waals surface area contributed by atoms with Gasteiger partial charge in [0.25, 0.3) is 5.91 Å². The first-order valence-corrected chi connectivity index (χ1v) is 11.0. The van der Waals surface area contributed by atoms with Crippen molar-refractivity contribution in [3.63, 3.8) is 0 Å². The quantitative estimate of drug-likeness (QED) is 0.767. The monoisotopic (exact) mass is 397 g/mol. The molecule has 1 amide bonds. The molecular formula is C23H27NO3S. The Kier molecular flexibility index (Phi) is 5.54. The van der Waals surface area contributed by atoms with E-state index in [1.807, 2.05) is 18.2 Å². The highest BCUT2D eigenvalue weighted by molar-refractivity contribution is 7.14. The first kappa shape index (κ1) is 19.2. The van der Waals surface area contributed by atoms with Gasteiger partial charge in [0, 0.05) is 4.88 Å². The third-order valence-corrected chi connectivity index (χ3v) is 7.09. The fraction of sp³-hybridized carbons (Fsp3) is 0.478. The van der Waals surface area contributed by atoms with E-state index in [-0.39, 0.29) is 11.9 Å². The third kappa shape index (κ3) is 4.00. The van der Waals surface area contributed by atoms with E-state index in [0.29, 0.717) is 10.8 Å². The standard InChI is InChI=1S/C23H27NO3S/c1-14-10-11-20-17(12-14)13-21(28-20)23(26)27-15(2)22(25)24-19-9-5-7-16-6-3-4-8-18(16)19/h3-4,6,8,13-15,19H,5,7,9-12H2,1-2H3,(H,24,25)/t14-,15-,19-/m1/s1. The fourth-order valence-electron chi connectivity index (χ4n) is 4.27. The first-order valence-electron chi connectivity index (χ1n) is 10.2. The topological polar surface area (TPSA) is 55.4 Å². The SMILES string of the molecule is C[C@@H]1CCc2sc(C(=O)O[C@H](C)C(=O)N[C@@H]3CCCc4ccccc43)cc2C1. The van der Waals surface area contributed by atoms with Gasteiger partial charge in [0.2, 0.25) is 0 Å². The van der Waals surface area contributed by atoms with Gasteiger partial charge >= 0.3 is 5.97 Å². The number of thiophene rings is 1. The van der Waals surface area contributed by atoms with Gasteiger partial charge in [0.1, 0.15) is 4.88 Å². The van der Waals surface area contributed by atoms with Gasteiger partial charge in [-0.05, 0) is 74.1 Å². The number of carbonyl (C=O) groups excluding carboxylic acids is 2. The maximum Gasteiger partial charge on any atom is 0.349 e. The molecule has 2 aromatic rings. The van der Waals surface area contributed by atoms with Crippen LogP contribution in [0.2, 0.25) is 0 Å². The maximum absolute atomic E-state index is 12.6. The number of fused-ring (bicyclic) bond motifs is 2. The van der Waals surface area contributed by atoms with Crippen LogP contribution in [0.15, 0.2) is 30.3 Å². The summed E-state index contributed by atoms with van der Waals surface area (Å²) in [6.07, 6.45) is 5.44. The van der Waals surface area contributed by atoms with Gasteiger partial charge in [-0.15, -0.1) is 11.3 Å². The minimum atomic E-state index is -0.806. The number of rotatable bonds is 4. The maximum atomic E-state index is 12.6. The molecular weight excluding hydrogens is 370 g/mol. The van der Waals surface area contributed by atoms with E-state index < -0.39 is 12.1 Å². The lowest BCUT2D eigenvalue weighted by Crippen LogP contribution is -2.39. The largest absolute Gasteiger partial charge is 0.448 e. The van der Waals surface area contributed by atoms with Crippen LogP contribution in [0.25, 0.3) is 0 Å². The number of aryl methyl sites for hydroxylation is 2. The second kappa shape index (κ2) is 8.08. The van der Waals surface area contributed by atoms with Crippen LogP contribution in [0.5, 0.6) is 0 Å². The Morgan fingerprint density at radius 3 is 2.86 bits per heavy atom. The molecule has 0 saturated carbocycles. The van der Waals surface area contributed by atoms with E-state index in [9.17, 15) is 9.59 Å². The van der Waals surface area contributed by atoms with E-state index >= 15 is 0 Å². The molecule has 1 aromatic carbocycles. The summed E-state index contributed by atoms with van der Waals surface area (Å²) in [6, 6.07) is 10.2. The van der Waals surface area contributed by atoms with Crippen molar-refractivity contribution in [2.45, 2.75) is 64.5 Å². The van der Waals surface area contributed by atoms with Crippen LogP contribution < -0.4 is 5.32 Å². The molecule has 2 aliphatic carbocycles. The zero-order valence-electron chi connectivity index (χ0n) is 16.5. The Labute approximate surface area is 170 Å². The summed E-state index contributed by atoms with van der Waals surface area (Å²) < 4.78 is 5.49. The van der Waals surface area contributed by atoms with Gasteiger partial charge in [-0.2, -0.15) is 0 Å². The molecule has 0 aliphatic heterocycles. The number of hydrogen-bond donors (Lipinski definition) is 1. The average molecular weight is 398 g/mol. The molecule has 1 heterocycles. The van der Waals surface area contributed by atoms with Gasteiger partial charge < -0.3 is 10.1 Å². The molecule has 4 nitrogen and oxygen atoms in total. The Morgan fingerprint density at radius 2 is 2.00 bits per heavy atom. The van der Waals surface area contributed by atoms with E-state index in [1.165, 1.54) is 39.3 Å². The number of amides is 1. The van der Waals surface area contributed by atoms with Crippen molar-refractivity contribution in [3.05, 3.63) is 56.8 Å². The van der Waals surface area contributed by atoms with Gasteiger partial charge in [-0.3, -0.25) is 4.79 Å². The zero-order chi connectivity index (χ0) is 19.7. The molecule has 0 radical (unpaired) electrons. The minimum absolute atomic E-state index is 0.00542. The van der Waals surface area contributed by atoms with Crippen LogP contribution in [0.1, 0.15) is 70.4 Å². The molecule has 1 N–H and O–H groups in total. The predicted octanol–water partition coefficient (Wildman–Crippen LogP) is 4.61. The van der Waals surface area contributed by atoms with Crippen LogP contribution in [-0.2, 0) is 28.8 Å². The van der Waals surface area contributed by atoms with Crippen molar-refractivity contribution in [2.75, 3.05) is 0 Å². The van der Waals surface area contributed by atoms with E-state index in [0.717, 1.165) is 32.1 Å². The van der Waals surface area contributed by atoms with Crippen LogP contribution >= 0.6 is 11.3 Å². The lowest BCUT2D eigenvalue weighted by atomic mass is 9.87. The second-order valence-electron chi connectivity index (χ2n) is 8.11. The summed E-state index contributed by atoms with van der Waals surface area (Å²) in [5.74, 6) is 0.0396. The number of nitrogens with one attached hydrogen (secondary N) is 1. The Hall–Kier alpha value is -2.14. The highest BCUT2D eigenvalue weighted by Gasteiger charge is 2.27. The molecule has 4 rings (SSSR count). The van der Waals surface area contributed by atoms with Gasteiger partial charge in [-0.25, -0.2) is 4.79 Å². The molecule has 3 atom stereocenters. The van der Waals surface area contributed by atoms with Crippen molar-refractivity contribution < 1.29 is 14.3 Å². The lowest BCUT2D eigenvalue weighted by molar-refractivity contribution is -0.130. The molecule has 148 valence electrons. The van der Waals surface area contributed by atoms with E-state index in [1.54, 1.807) is 6.92 Å². The molecule has 0 fully saturated rings. The second-order valence-corrected chi connectivity index (χ2v) is 9.24. The predicted molar refractivity (Wildman–Crippen MR) is 111 cm³/mol. The lowest BCUT2D eigenvalue weighted by Gasteiger charge is -2.27. The summed E-state index contributed by atoms with van der Waals surface area (Å²) in [5, 5.41) is 3.07. The smallest absolute Gasteiger partial charge is 0.349 e. The summed E-state index contributed by atoms with van der Waals surface area (Å²) >= 11 is 1.52. The number of benzene rings is 1. The van der Waals surface area contributed by atoms with Crippen molar-refractivity contribution in [2.24, 2.45) is 5.92 Å². The van der Waals surface area contributed by atoms with Crippen molar-refractivity contribution in [1.29, 1.82) is 0 Å².